The van der Waals surface area contributed by atoms with Crippen LogP contribution in [0.1, 0.15) is 39.1 Å². The number of hydrogen-bond acceptors (Lipinski definition) is 4. The quantitative estimate of drug-likeness (QED) is 0.749. The fourth-order valence-corrected chi connectivity index (χ4v) is 2.81. The Hall–Kier alpha value is -2.87. The molecule has 1 unspecified atom stereocenters. The third-order valence-corrected chi connectivity index (χ3v) is 4.08. The minimum absolute atomic E-state index is 0.161. The van der Waals surface area contributed by atoms with E-state index in [1.54, 1.807) is 11.4 Å². The van der Waals surface area contributed by atoms with E-state index in [0.717, 1.165) is 23.5 Å². The van der Waals surface area contributed by atoms with E-state index in [-0.39, 0.29) is 12.1 Å². The number of halogens is 2. The van der Waals surface area contributed by atoms with Crippen LogP contribution in [0, 0.1) is 32.4 Å². The smallest absolute Gasteiger partial charge is 0.257 e. The lowest BCUT2D eigenvalue weighted by Crippen LogP contribution is -2.29. The van der Waals surface area contributed by atoms with Crippen molar-refractivity contribution in [2.45, 2.75) is 26.9 Å². The van der Waals surface area contributed by atoms with E-state index in [1.165, 1.54) is 6.07 Å². The molecule has 0 radical (unpaired) electrons. The van der Waals surface area contributed by atoms with Crippen molar-refractivity contribution in [3.8, 4) is 0 Å². The summed E-state index contributed by atoms with van der Waals surface area (Å²) in [6.45, 7) is 5.22. The average Bonchev–Trinajstić information content (AvgIpc) is 2.91. The normalized spacial score (nSPS) is 12.4. The molecule has 26 heavy (non-hydrogen) atoms. The third kappa shape index (κ3) is 3.28. The number of amides is 1. The first-order chi connectivity index (χ1) is 12.3. The van der Waals surface area contributed by atoms with Crippen molar-refractivity contribution in [2.24, 2.45) is 0 Å². The number of aliphatic hydroxyl groups is 1. The molecule has 3 aromatic rings. The van der Waals surface area contributed by atoms with Gasteiger partial charge in [-0.1, -0.05) is 6.07 Å². The Balaban J connectivity index is 1.81. The van der Waals surface area contributed by atoms with Crippen LogP contribution in [0.3, 0.4) is 0 Å². The number of hydrogen-bond donors (Lipinski definition) is 2. The summed E-state index contributed by atoms with van der Waals surface area (Å²) in [5.41, 5.74) is 3.02. The number of aliphatic hydroxyl groups excluding tert-OH is 1. The van der Waals surface area contributed by atoms with Gasteiger partial charge in [-0.15, -0.1) is 0 Å². The summed E-state index contributed by atoms with van der Waals surface area (Å²) < 4.78 is 27.8. The Bertz CT molecular complexity index is 1000. The summed E-state index contributed by atoms with van der Waals surface area (Å²) in [6, 6.07) is 4.96. The van der Waals surface area contributed by atoms with Crippen LogP contribution in [-0.2, 0) is 0 Å². The maximum atomic E-state index is 13.3. The Labute approximate surface area is 148 Å². The lowest BCUT2D eigenvalue weighted by molar-refractivity contribution is 0.0917. The van der Waals surface area contributed by atoms with Crippen LogP contribution >= 0.6 is 0 Å². The second kappa shape index (κ2) is 6.80. The van der Waals surface area contributed by atoms with Crippen molar-refractivity contribution in [2.75, 3.05) is 6.54 Å². The number of carbonyl (C=O) groups is 1. The van der Waals surface area contributed by atoms with Crippen molar-refractivity contribution < 1.29 is 18.7 Å². The molecule has 3 rings (SSSR count). The van der Waals surface area contributed by atoms with Gasteiger partial charge in [-0.25, -0.2) is 18.3 Å². The molecular weight excluding hydrogens is 342 g/mol. The van der Waals surface area contributed by atoms with E-state index < -0.39 is 23.6 Å². The van der Waals surface area contributed by atoms with Gasteiger partial charge in [0.25, 0.3) is 5.91 Å². The van der Waals surface area contributed by atoms with Gasteiger partial charge in [0.15, 0.2) is 17.3 Å². The fraction of sp³-hybridized carbons (Fsp3) is 0.278. The van der Waals surface area contributed by atoms with Crippen LogP contribution in [0.15, 0.2) is 24.3 Å². The lowest BCUT2D eigenvalue weighted by Gasteiger charge is -2.12. The SMILES string of the molecule is Cc1cc(C)n2nc(C)c(C(=O)NCC(O)c3ccc(F)c(F)c3)c2n1. The second-order valence-electron chi connectivity index (χ2n) is 6.13. The molecule has 0 aliphatic carbocycles. The van der Waals surface area contributed by atoms with E-state index in [0.29, 0.717) is 16.9 Å². The molecule has 8 heteroatoms. The highest BCUT2D eigenvalue weighted by molar-refractivity contribution is 6.01. The van der Waals surface area contributed by atoms with Crippen LogP contribution in [0.4, 0.5) is 8.78 Å². The second-order valence-corrected chi connectivity index (χ2v) is 6.13. The first-order valence-electron chi connectivity index (χ1n) is 8.02. The predicted octanol–water partition coefficient (Wildman–Crippen LogP) is 2.40. The standard InChI is InChI=1S/C18H18F2N4O2/c1-9-6-10(2)24-17(22-9)16(11(3)23-24)18(26)21-8-15(25)12-4-5-13(19)14(20)7-12/h4-7,15,25H,8H2,1-3H3,(H,21,26). The summed E-state index contributed by atoms with van der Waals surface area (Å²) in [6.07, 6.45) is -1.17. The zero-order valence-electron chi connectivity index (χ0n) is 14.5. The highest BCUT2D eigenvalue weighted by atomic mass is 19.2. The number of benzene rings is 1. The van der Waals surface area contributed by atoms with E-state index in [4.69, 9.17) is 0 Å². The summed E-state index contributed by atoms with van der Waals surface area (Å²) in [5, 5.41) is 17.0. The van der Waals surface area contributed by atoms with Crippen LogP contribution in [0.25, 0.3) is 5.65 Å². The molecular formula is C18H18F2N4O2. The van der Waals surface area contributed by atoms with Crippen LogP contribution in [-0.4, -0.2) is 32.2 Å². The van der Waals surface area contributed by atoms with Crippen molar-refractivity contribution >= 4 is 11.6 Å². The van der Waals surface area contributed by atoms with Gasteiger partial charge in [0.05, 0.1) is 11.8 Å². The summed E-state index contributed by atoms with van der Waals surface area (Å²) in [5.74, 6) is -2.50. The molecule has 1 atom stereocenters. The molecule has 2 aromatic heterocycles. The molecule has 6 nitrogen and oxygen atoms in total. The number of nitrogens with one attached hydrogen (secondary N) is 1. The Morgan fingerprint density at radius 3 is 2.65 bits per heavy atom. The van der Waals surface area contributed by atoms with Crippen LogP contribution < -0.4 is 5.32 Å². The van der Waals surface area contributed by atoms with Gasteiger partial charge < -0.3 is 10.4 Å². The van der Waals surface area contributed by atoms with Crippen LogP contribution in [0.5, 0.6) is 0 Å². The molecule has 2 N–H and O–H groups in total. The van der Waals surface area contributed by atoms with E-state index in [2.05, 4.69) is 15.4 Å². The molecule has 0 saturated carbocycles. The van der Waals surface area contributed by atoms with Crippen molar-refractivity contribution in [1.82, 2.24) is 19.9 Å². The number of carbonyl (C=O) groups excluding carboxylic acids is 1. The van der Waals surface area contributed by atoms with Gasteiger partial charge in [0.2, 0.25) is 0 Å². The topological polar surface area (TPSA) is 79.5 Å². The van der Waals surface area contributed by atoms with Gasteiger partial charge in [0.1, 0.15) is 5.56 Å². The summed E-state index contributed by atoms with van der Waals surface area (Å²) >= 11 is 0. The number of aromatic nitrogens is 3. The van der Waals surface area contributed by atoms with E-state index >= 15 is 0 Å². The predicted molar refractivity (Wildman–Crippen MR) is 90.8 cm³/mol. The molecule has 136 valence electrons. The first kappa shape index (κ1) is 17.9. The zero-order valence-corrected chi connectivity index (χ0v) is 14.5. The Morgan fingerprint density at radius 2 is 1.96 bits per heavy atom. The number of nitrogens with zero attached hydrogens (tertiary/aromatic N) is 3. The van der Waals surface area contributed by atoms with E-state index in [9.17, 15) is 18.7 Å². The number of fused-ring (bicyclic) bond motifs is 1. The third-order valence-electron chi connectivity index (χ3n) is 4.08. The maximum Gasteiger partial charge on any atom is 0.257 e. The monoisotopic (exact) mass is 360 g/mol. The Kier molecular flexibility index (Phi) is 4.69. The maximum absolute atomic E-state index is 13.3. The van der Waals surface area contributed by atoms with Crippen molar-refractivity contribution in [1.29, 1.82) is 0 Å². The largest absolute Gasteiger partial charge is 0.387 e. The highest BCUT2D eigenvalue weighted by Gasteiger charge is 2.21. The van der Waals surface area contributed by atoms with Gasteiger partial charge in [0, 0.05) is 17.9 Å². The van der Waals surface area contributed by atoms with Gasteiger partial charge in [-0.05, 0) is 44.5 Å². The zero-order chi connectivity index (χ0) is 19.0. The molecule has 1 aromatic carbocycles. The molecule has 0 aliphatic rings. The molecule has 0 bridgehead atoms. The molecule has 0 aliphatic heterocycles. The summed E-state index contributed by atoms with van der Waals surface area (Å²) in [7, 11) is 0. The fourth-order valence-electron chi connectivity index (χ4n) is 2.81. The van der Waals surface area contributed by atoms with Gasteiger partial charge in [-0.3, -0.25) is 4.79 Å². The lowest BCUT2D eigenvalue weighted by atomic mass is 10.1. The molecule has 0 fully saturated rings. The first-order valence-corrected chi connectivity index (χ1v) is 8.02. The molecule has 1 amide bonds. The summed E-state index contributed by atoms with van der Waals surface area (Å²) in [4.78, 5) is 16.9. The van der Waals surface area contributed by atoms with E-state index in [1.807, 2.05) is 19.9 Å². The number of rotatable bonds is 4. The number of aryl methyl sites for hydroxylation is 3. The van der Waals surface area contributed by atoms with Crippen molar-refractivity contribution in [3.05, 3.63) is 64.1 Å². The molecule has 0 saturated heterocycles. The van der Waals surface area contributed by atoms with Crippen LogP contribution in [0.2, 0.25) is 0 Å². The minimum atomic E-state index is -1.17. The molecule has 0 spiro atoms. The Morgan fingerprint density at radius 1 is 1.23 bits per heavy atom. The molecule has 2 heterocycles. The van der Waals surface area contributed by atoms with Crippen molar-refractivity contribution in [3.63, 3.8) is 0 Å². The minimum Gasteiger partial charge on any atom is -0.387 e. The highest BCUT2D eigenvalue weighted by Crippen LogP contribution is 2.18. The average molecular weight is 360 g/mol. The van der Waals surface area contributed by atoms with Gasteiger partial charge in [-0.2, -0.15) is 5.10 Å². The van der Waals surface area contributed by atoms with Gasteiger partial charge >= 0.3 is 0 Å².